The first-order valence-electron chi connectivity index (χ1n) is 7.88. The molecule has 1 atom stereocenters. The van der Waals surface area contributed by atoms with Crippen molar-refractivity contribution in [2.24, 2.45) is 0 Å². The average Bonchev–Trinajstić information content (AvgIpc) is 3.04. The zero-order valence-corrected chi connectivity index (χ0v) is 14.3. The summed E-state index contributed by atoms with van der Waals surface area (Å²) in [5, 5.41) is 4.13. The summed E-state index contributed by atoms with van der Waals surface area (Å²) in [5.74, 6) is 2.58. The third kappa shape index (κ3) is 2.56. The van der Waals surface area contributed by atoms with Crippen LogP contribution in [0.3, 0.4) is 0 Å². The molecular formula is C16H25N5O. The average molecular weight is 303 g/mol. The van der Waals surface area contributed by atoms with Crippen molar-refractivity contribution in [3.63, 3.8) is 0 Å². The van der Waals surface area contributed by atoms with Crippen molar-refractivity contribution in [3.05, 3.63) is 28.9 Å². The van der Waals surface area contributed by atoms with Gasteiger partial charge in [-0.2, -0.15) is 4.98 Å². The van der Waals surface area contributed by atoms with Gasteiger partial charge in [0.2, 0.25) is 5.89 Å². The van der Waals surface area contributed by atoms with Gasteiger partial charge in [0.05, 0.1) is 18.3 Å². The Labute approximate surface area is 131 Å². The van der Waals surface area contributed by atoms with Crippen molar-refractivity contribution in [1.82, 2.24) is 24.6 Å². The second kappa shape index (κ2) is 5.19. The molecule has 22 heavy (non-hydrogen) atoms. The van der Waals surface area contributed by atoms with Gasteiger partial charge < -0.3 is 9.09 Å². The summed E-state index contributed by atoms with van der Waals surface area (Å²) in [6, 6.07) is 0.106. The summed E-state index contributed by atoms with van der Waals surface area (Å²) >= 11 is 0. The molecule has 6 nitrogen and oxygen atoms in total. The van der Waals surface area contributed by atoms with E-state index in [2.05, 4.69) is 66.1 Å². The molecule has 0 aliphatic carbocycles. The van der Waals surface area contributed by atoms with Crippen LogP contribution in [0, 0.1) is 13.8 Å². The van der Waals surface area contributed by atoms with E-state index in [9.17, 15) is 0 Å². The molecule has 0 unspecified atom stereocenters. The Hall–Kier alpha value is -1.69. The first-order valence-corrected chi connectivity index (χ1v) is 7.88. The van der Waals surface area contributed by atoms with Gasteiger partial charge in [-0.1, -0.05) is 25.9 Å². The lowest BCUT2D eigenvalue weighted by Crippen LogP contribution is -2.36. The van der Waals surface area contributed by atoms with Gasteiger partial charge in [-0.3, -0.25) is 4.90 Å². The molecule has 0 saturated carbocycles. The van der Waals surface area contributed by atoms with E-state index in [1.165, 1.54) is 5.69 Å². The fraction of sp³-hybridized carbons (Fsp3) is 0.688. The minimum Gasteiger partial charge on any atom is -0.338 e. The maximum atomic E-state index is 5.49. The molecule has 6 heteroatoms. The van der Waals surface area contributed by atoms with Gasteiger partial charge in [0.15, 0.2) is 5.82 Å². The Kier molecular flexibility index (Phi) is 3.59. The standard InChI is InChI=1S/C16H25N5O/c1-10-11(2)21-8-7-20(9-13(21)17-10)12(3)14-18-15(19-22-14)16(4,5)6/h12H,7-9H2,1-6H3/t12-/m1/s1. The molecule has 3 rings (SSSR count). The predicted octanol–water partition coefficient (Wildman–Crippen LogP) is 2.76. The van der Waals surface area contributed by atoms with E-state index in [0.717, 1.165) is 37.0 Å². The van der Waals surface area contributed by atoms with Gasteiger partial charge in [-0.05, 0) is 20.8 Å². The lowest BCUT2D eigenvalue weighted by Gasteiger charge is -2.31. The second-order valence-electron chi connectivity index (χ2n) is 7.20. The van der Waals surface area contributed by atoms with Crippen LogP contribution >= 0.6 is 0 Å². The summed E-state index contributed by atoms with van der Waals surface area (Å²) < 4.78 is 7.81. The fourth-order valence-electron chi connectivity index (χ4n) is 2.83. The van der Waals surface area contributed by atoms with Crippen LogP contribution in [0.25, 0.3) is 0 Å². The van der Waals surface area contributed by atoms with E-state index < -0.39 is 0 Å². The lowest BCUT2D eigenvalue weighted by atomic mass is 9.96. The molecule has 1 aliphatic heterocycles. The topological polar surface area (TPSA) is 60.0 Å². The monoisotopic (exact) mass is 303 g/mol. The van der Waals surface area contributed by atoms with E-state index >= 15 is 0 Å². The molecule has 0 N–H and O–H groups in total. The SMILES string of the molecule is Cc1nc2n(c1C)CCN([C@H](C)c1nc(C(C)(C)C)no1)C2. The molecule has 0 aromatic carbocycles. The number of imidazole rings is 1. The Morgan fingerprint density at radius 2 is 1.86 bits per heavy atom. The van der Waals surface area contributed by atoms with Crippen molar-refractivity contribution in [1.29, 1.82) is 0 Å². The zero-order valence-electron chi connectivity index (χ0n) is 14.3. The minimum atomic E-state index is -0.0894. The van der Waals surface area contributed by atoms with Crippen LogP contribution in [0.4, 0.5) is 0 Å². The van der Waals surface area contributed by atoms with Crippen LogP contribution < -0.4 is 0 Å². The summed E-state index contributed by atoms with van der Waals surface area (Å²) in [6.45, 7) is 15.4. The zero-order chi connectivity index (χ0) is 16.1. The Balaban J connectivity index is 1.79. The Morgan fingerprint density at radius 3 is 2.50 bits per heavy atom. The van der Waals surface area contributed by atoms with Gasteiger partial charge in [0.25, 0.3) is 0 Å². The maximum Gasteiger partial charge on any atom is 0.243 e. The van der Waals surface area contributed by atoms with Crippen LogP contribution in [0.2, 0.25) is 0 Å². The molecule has 0 radical (unpaired) electrons. The minimum absolute atomic E-state index is 0.0894. The van der Waals surface area contributed by atoms with Crippen molar-refractivity contribution >= 4 is 0 Å². The van der Waals surface area contributed by atoms with E-state index in [-0.39, 0.29) is 11.5 Å². The van der Waals surface area contributed by atoms with Gasteiger partial charge in [-0.25, -0.2) is 4.98 Å². The summed E-state index contributed by atoms with van der Waals surface area (Å²) in [4.78, 5) is 11.6. The molecule has 0 amide bonds. The largest absolute Gasteiger partial charge is 0.338 e. The van der Waals surface area contributed by atoms with Crippen molar-refractivity contribution < 1.29 is 4.52 Å². The highest BCUT2D eigenvalue weighted by atomic mass is 16.5. The Bertz CT molecular complexity index is 679. The van der Waals surface area contributed by atoms with Crippen LogP contribution in [0.1, 0.15) is 62.7 Å². The quantitative estimate of drug-likeness (QED) is 0.853. The number of fused-ring (bicyclic) bond motifs is 1. The Morgan fingerprint density at radius 1 is 1.14 bits per heavy atom. The van der Waals surface area contributed by atoms with Crippen molar-refractivity contribution in [3.8, 4) is 0 Å². The molecule has 3 heterocycles. The van der Waals surface area contributed by atoms with E-state index in [0.29, 0.717) is 5.89 Å². The molecular weight excluding hydrogens is 278 g/mol. The third-order valence-electron chi connectivity index (χ3n) is 4.51. The number of hydrogen-bond donors (Lipinski definition) is 0. The van der Waals surface area contributed by atoms with Crippen LogP contribution in [0.5, 0.6) is 0 Å². The predicted molar refractivity (Wildman–Crippen MR) is 83.5 cm³/mol. The second-order valence-corrected chi connectivity index (χ2v) is 7.20. The number of nitrogens with zero attached hydrogens (tertiary/aromatic N) is 5. The van der Waals surface area contributed by atoms with Crippen LogP contribution in [-0.2, 0) is 18.5 Å². The van der Waals surface area contributed by atoms with Crippen LogP contribution in [0.15, 0.2) is 4.52 Å². The normalized spacial score (nSPS) is 17.5. The molecule has 0 bridgehead atoms. The van der Waals surface area contributed by atoms with Crippen molar-refractivity contribution in [2.45, 2.75) is 66.1 Å². The summed E-state index contributed by atoms with van der Waals surface area (Å²) in [7, 11) is 0. The number of hydrogen-bond acceptors (Lipinski definition) is 5. The highest BCUT2D eigenvalue weighted by Crippen LogP contribution is 2.27. The maximum absolute atomic E-state index is 5.49. The molecule has 2 aromatic rings. The summed E-state index contributed by atoms with van der Waals surface area (Å²) in [5.41, 5.74) is 2.31. The molecule has 120 valence electrons. The first-order chi connectivity index (χ1) is 10.3. The van der Waals surface area contributed by atoms with Gasteiger partial charge in [0.1, 0.15) is 5.82 Å². The number of aromatic nitrogens is 4. The molecule has 0 saturated heterocycles. The summed E-state index contributed by atoms with van der Waals surface area (Å²) in [6.07, 6.45) is 0. The highest BCUT2D eigenvalue weighted by molar-refractivity contribution is 5.16. The van der Waals surface area contributed by atoms with Crippen molar-refractivity contribution in [2.75, 3.05) is 6.54 Å². The van der Waals surface area contributed by atoms with Gasteiger partial charge in [0, 0.05) is 24.2 Å². The first kappa shape index (κ1) is 15.2. The molecule has 2 aromatic heterocycles. The van der Waals surface area contributed by atoms with E-state index in [4.69, 9.17) is 4.52 Å². The van der Waals surface area contributed by atoms with E-state index in [1.54, 1.807) is 0 Å². The third-order valence-corrected chi connectivity index (χ3v) is 4.51. The molecule has 1 aliphatic rings. The molecule has 0 spiro atoms. The number of aryl methyl sites for hydroxylation is 1. The van der Waals surface area contributed by atoms with E-state index in [1.807, 2.05) is 0 Å². The highest BCUT2D eigenvalue weighted by Gasteiger charge is 2.29. The van der Waals surface area contributed by atoms with Crippen LogP contribution in [-0.4, -0.2) is 31.1 Å². The van der Waals surface area contributed by atoms with Gasteiger partial charge in [-0.15, -0.1) is 0 Å². The number of rotatable bonds is 2. The molecule has 0 fully saturated rings. The fourth-order valence-corrected chi connectivity index (χ4v) is 2.83. The van der Waals surface area contributed by atoms with Gasteiger partial charge >= 0.3 is 0 Å². The lowest BCUT2D eigenvalue weighted by molar-refractivity contribution is 0.135. The smallest absolute Gasteiger partial charge is 0.243 e.